The summed E-state index contributed by atoms with van der Waals surface area (Å²) in [4.78, 5) is 25.7. The molecule has 43 heavy (non-hydrogen) atoms. The fourth-order valence-electron chi connectivity index (χ4n) is 5.50. The second-order valence-electron chi connectivity index (χ2n) is 15.1. The molecule has 0 bridgehead atoms. The summed E-state index contributed by atoms with van der Waals surface area (Å²) in [5.74, 6) is 1.35. The van der Waals surface area contributed by atoms with Gasteiger partial charge in [0.25, 0.3) is 0 Å². The number of imidazole rings is 1. The van der Waals surface area contributed by atoms with Crippen molar-refractivity contribution in [3.8, 4) is 11.3 Å². The molecule has 0 saturated carbocycles. The summed E-state index contributed by atoms with van der Waals surface area (Å²) in [6.07, 6.45) is 4.15. The summed E-state index contributed by atoms with van der Waals surface area (Å²) < 4.78 is 5.55. The summed E-state index contributed by atoms with van der Waals surface area (Å²) in [7, 11) is 0. The maximum atomic E-state index is 12.6. The van der Waals surface area contributed by atoms with E-state index in [2.05, 4.69) is 107 Å². The van der Waals surface area contributed by atoms with Crippen molar-refractivity contribution < 1.29 is 9.53 Å². The Morgan fingerprint density at radius 2 is 1.44 bits per heavy atom. The van der Waals surface area contributed by atoms with Crippen LogP contribution in [-0.2, 0) is 4.74 Å². The molecule has 0 unspecified atom stereocenters. The Morgan fingerprint density at radius 3 is 2.02 bits per heavy atom. The number of hydrogen-bond donors (Lipinski definition) is 2. The number of benzene rings is 3. The lowest BCUT2D eigenvalue weighted by molar-refractivity contribution is 0.0491. The molecule has 2 N–H and O–H groups in total. The lowest BCUT2D eigenvalue weighted by atomic mass is 9.82. The Labute approximate surface area is 256 Å². The first-order valence-corrected chi connectivity index (χ1v) is 15.3. The largest absolute Gasteiger partial charge is 0.444 e. The van der Waals surface area contributed by atoms with Crippen LogP contribution in [0.3, 0.4) is 0 Å². The number of amides is 1. The second-order valence-corrected chi connectivity index (χ2v) is 15.1. The molecule has 2 heterocycles. The van der Waals surface area contributed by atoms with Crippen LogP contribution < -0.4 is 5.32 Å². The molecule has 4 aromatic rings. The average molecular weight is 579 g/mol. The molecule has 6 heteroatoms. The molecule has 226 valence electrons. The summed E-state index contributed by atoms with van der Waals surface area (Å²) in [5.41, 5.74) is 4.78. The van der Waals surface area contributed by atoms with Crippen molar-refractivity contribution in [2.45, 2.75) is 93.2 Å². The number of aliphatic imine (C=N–C) groups is 1. The number of allylic oxidation sites excluding steroid dienone is 1. The Balaban J connectivity index is 1.36. The number of H-pyrrole nitrogens is 1. The number of alkyl carbamates (subject to hydrolysis) is 1. The lowest BCUT2D eigenvalue weighted by Crippen LogP contribution is -2.50. The first kappa shape index (κ1) is 30.5. The Bertz CT molecular complexity index is 1740. The van der Waals surface area contributed by atoms with E-state index in [9.17, 15) is 4.79 Å². The predicted octanol–water partition coefficient (Wildman–Crippen LogP) is 9.66. The first-order valence-electron chi connectivity index (χ1n) is 15.3. The number of nitrogens with one attached hydrogen (secondary N) is 2. The van der Waals surface area contributed by atoms with Gasteiger partial charge in [-0.15, -0.1) is 0 Å². The molecule has 5 rings (SSSR count). The molecule has 1 aromatic heterocycles. The van der Waals surface area contributed by atoms with Gasteiger partial charge in [-0.1, -0.05) is 72.7 Å². The highest BCUT2D eigenvalue weighted by Crippen LogP contribution is 2.36. The molecule has 2 atom stereocenters. The number of carbonyl (C=O) groups is 1. The predicted molar refractivity (Wildman–Crippen MR) is 180 cm³/mol. The molecule has 0 aliphatic carbocycles. The molecule has 3 aromatic carbocycles. The summed E-state index contributed by atoms with van der Waals surface area (Å²) >= 11 is 0. The van der Waals surface area contributed by atoms with Crippen LogP contribution in [0.5, 0.6) is 0 Å². The zero-order valence-electron chi connectivity index (χ0n) is 27.3. The fraction of sp³-hybridized carbons (Fsp3) is 0.432. The van der Waals surface area contributed by atoms with Gasteiger partial charge in [-0.25, -0.2) is 9.78 Å². The van der Waals surface area contributed by atoms with E-state index < -0.39 is 11.7 Å². The van der Waals surface area contributed by atoms with E-state index in [1.54, 1.807) is 0 Å². The van der Waals surface area contributed by atoms with Gasteiger partial charge < -0.3 is 15.0 Å². The SMILES string of the molecule is C[C@H](c1ncc(-c2ccc3cc4cc(C5=CN=C([C@@H](NC(=O)OC(C)(C)C)C(C)(C)C)C5)ccc4cc3c2)[nH]1)C(C)(C)C. The number of hydrogen-bond acceptors (Lipinski definition) is 4. The van der Waals surface area contributed by atoms with Crippen LogP contribution in [0.1, 0.15) is 93.0 Å². The van der Waals surface area contributed by atoms with Crippen LogP contribution in [0, 0.1) is 10.8 Å². The Morgan fingerprint density at radius 1 is 0.837 bits per heavy atom. The van der Waals surface area contributed by atoms with Crippen LogP contribution in [0.15, 0.2) is 65.9 Å². The number of nitrogens with zero attached hydrogens (tertiary/aromatic N) is 2. The van der Waals surface area contributed by atoms with Crippen LogP contribution in [0.25, 0.3) is 38.4 Å². The first-order chi connectivity index (χ1) is 20.0. The molecule has 6 nitrogen and oxygen atoms in total. The third-order valence-electron chi connectivity index (χ3n) is 8.40. The minimum atomic E-state index is -0.558. The maximum Gasteiger partial charge on any atom is 0.408 e. The Hall–Kier alpha value is -3.93. The number of aromatic amines is 1. The standard InChI is InChI=1S/C37H46N4O2/c1-22(35(2,3)4)33-39-21-31(40-33)26-14-13-24-15-27-17-25(12-11-23(27)16-28(24)18-26)29-19-30(38-20-29)32(36(5,6)7)41-34(42)43-37(8,9)10/h11-18,20-22,32H,19H2,1-10H3,(H,39,40)(H,41,42)/t22-,32-/m1/s1. The smallest absolute Gasteiger partial charge is 0.408 e. The lowest BCUT2D eigenvalue weighted by Gasteiger charge is -2.32. The monoisotopic (exact) mass is 578 g/mol. The number of aromatic nitrogens is 2. The van der Waals surface area contributed by atoms with Crippen molar-refractivity contribution in [3.05, 3.63) is 72.3 Å². The molecule has 0 radical (unpaired) electrons. The highest BCUT2D eigenvalue weighted by molar-refractivity contribution is 6.05. The van der Waals surface area contributed by atoms with E-state index in [-0.39, 0.29) is 16.9 Å². The normalized spacial score (nSPS) is 15.8. The summed E-state index contributed by atoms with van der Waals surface area (Å²) in [6.45, 7) is 20.9. The van der Waals surface area contributed by atoms with Crippen LogP contribution >= 0.6 is 0 Å². The van der Waals surface area contributed by atoms with E-state index in [1.807, 2.05) is 33.2 Å². The second kappa shape index (κ2) is 11.0. The number of rotatable bonds is 5. The van der Waals surface area contributed by atoms with Crippen molar-refractivity contribution in [1.29, 1.82) is 0 Å². The molecular weight excluding hydrogens is 532 g/mol. The zero-order chi connectivity index (χ0) is 31.3. The molecule has 0 spiro atoms. The van der Waals surface area contributed by atoms with Gasteiger partial charge in [0.15, 0.2) is 0 Å². The van der Waals surface area contributed by atoms with Gasteiger partial charge in [0.05, 0.1) is 17.9 Å². The van der Waals surface area contributed by atoms with Crippen molar-refractivity contribution in [2.24, 2.45) is 15.8 Å². The van der Waals surface area contributed by atoms with Crippen LogP contribution in [-0.4, -0.2) is 33.4 Å². The summed E-state index contributed by atoms with van der Waals surface area (Å²) in [5, 5.41) is 7.85. The minimum absolute atomic E-state index is 0.143. The van der Waals surface area contributed by atoms with Gasteiger partial charge in [-0.3, -0.25) is 4.99 Å². The third-order valence-corrected chi connectivity index (χ3v) is 8.40. The molecule has 0 saturated heterocycles. The average Bonchev–Trinajstić information content (AvgIpc) is 3.58. The van der Waals surface area contributed by atoms with Gasteiger partial charge >= 0.3 is 6.09 Å². The highest BCUT2D eigenvalue weighted by atomic mass is 16.6. The van der Waals surface area contributed by atoms with Gasteiger partial charge in [0.1, 0.15) is 11.4 Å². The number of ether oxygens (including phenoxy) is 1. The molecule has 1 aliphatic rings. The maximum absolute atomic E-state index is 12.6. The number of carbonyl (C=O) groups excluding carboxylic acids is 1. The quantitative estimate of drug-likeness (QED) is 0.231. The van der Waals surface area contributed by atoms with E-state index in [1.165, 1.54) is 21.5 Å². The van der Waals surface area contributed by atoms with Crippen molar-refractivity contribution in [1.82, 2.24) is 15.3 Å². The highest BCUT2D eigenvalue weighted by Gasteiger charge is 2.34. The van der Waals surface area contributed by atoms with E-state index >= 15 is 0 Å². The summed E-state index contributed by atoms with van der Waals surface area (Å²) in [6, 6.07) is 17.5. The Kier molecular flexibility index (Phi) is 7.78. The zero-order valence-corrected chi connectivity index (χ0v) is 27.3. The van der Waals surface area contributed by atoms with Gasteiger partial charge in [0.2, 0.25) is 0 Å². The molecule has 0 fully saturated rings. The van der Waals surface area contributed by atoms with Crippen molar-refractivity contribution in [2.75, 3.05) is 0 Å². The third kappa shape index (κ3) is 6.84. The number of fused-ring (bicyclic) bond motifs is 2. The van der Waals surface area contributed by atoms with E-state index in [0.717, 1.165) is 33.9 Å². The van der Waals surface area contributed by atoms with Crippen molar-refractivity contribution in [3.63, 3.8) is 0 Å². The molecular formula is C37H46N4O2. The minimum Gasteiger partial charge on any atom is -0.444 e. The topological polar surface area (TPSA) is 79.4 Å². The van der Waals surface area contributed by atoms with Crippen LogP contribution in [0.4, 0.5) is 4.79 Å². The molecule has 1 amide bonds. The van der Waals surface area contributed by atoms with Gasteiger partial charge in [0, 0.05) is 29.8 Å². The van der Waals surface area contributed by atoms with Gasteiger partial charge in [-0.2, -0.15) is 0 Å². The van der Waals surface area contributed by atoms with E-state index in [0.29, 0.717) is 12.3 Å². The van der Waals surface area contributed by atoms with Crippen molar-refractivity contribution >= 4 is 38.9 Å². The van der Waals surface area contributed by atoms with E-state index in [4.69, 9.17) is 14.7 Å². The molecule has 1 aliphatic heterocycles. The van der Waals surface area contributed by atoms with Gasteiger partial charge in [-0.05, 0) is 88.5 Å². The fourth-order valence-corrected chi connectivity index (χ4v) is 5.50. The van der Waals surface area contributed by atoms with Crippen LogP contribution in [0.2, 0.25) is 0 Å².